The average molecular weight is 328 g/mol. The Kier molecular flexibility index (Phi) is 4.94. The second-order valence-corrected chi connectivity index (χ2v) is 6.69. The summed E-state index contributed by atoms with van der Waals surface area (Å²) in [5.41, 5.74) is 1.33. The van der Waals surface area contributed by atoms with Crippen LogP contribution in [0.2, 0.25) is 0 Å². The predicted octanol–water partition coefficient (Wildman–Crippen LogP) is 2.12. The standard InChI is InChI=1S/C18H24N4O2/c1-13(8-9-15-6-4-3-5-7-15)10-21-12-17-20-19-14(2)22(17)11-16(21)18(23)24/h3-7,13,16H,8-12H2,1-2H3,(H,23,24). The normalized spacial score (nSPS) is 19.0. The lowest BCUT2D eigenvalue weighted by molar-refractivity contribution is -0.145. The Balaban J connectivity index is 1.63. The number of nitrogens with zero attached hydrogens (tertiary/aromatic N) is 4. The van der Waals surface area contributed by atoms with E-state index in [1.54, 1.807) is 0 Å². The monoisotopic (exact) mass is 328 g/mol. The van der Waals surface area contributed by atoms with Crippen LogP contribution in [0, 0.1) is 12.8 Å². The number of aryl methyl sites for hydroxylation is 2. The van der Waals surface area contributed by atoms with Gasteiger partial charge >= 0.3 is 5.97 Å². The van der Waals surface area contributed by atoms with E-state index in [0.717, 1.165) is 31.0 Å². The maximum absolute atomic E-state index is 11.7. The van der Waals surface area contributed by atoms with Crippen LogP contribution in [0.4, 0.5) is 0 Å². The largest absolute Gasteiger partial charge is 0.480 e. The topological polar surface area (TPSA) is 71.2 Å². The van der Waals surface area contributed by atoms with Crippen LogP contribution in [-0.2, 0) is 24.3 Å². The SMILES string of the molecule is Cc1nnc2n1CC(C(=O)O)N(CC(C)CCc1ccccc1)C2. The van der Waals surface area contributed by atoms with Gasteiger partial charge in [-0.2, -0.15) is 0 Å². The number of aliphatic carboxylic acids is 1. The Labute approximate surface area is 142 Å². The predicted molar refractivity (Wildman–Crippen MR) is 90.5 cm³/mol. The van der Waals surface area contributed by atoms with Crippen LogP contribution in [0.25, 0.3) is 0 Å². The van der Waals surface area contributed by atoms with Crippen LogP contribution >= 0.6 is 0 Å². The minimum Gasteiger partial charge on any atom is -0.480 e. The van der Waals surface area contributed by atoms with Crippen LogP contribution < -0.4 is 0 Å². The number of carboxylic acid groups (broad SMARTS) is 1. The maximum atomic E-state index is 11.7. The lowest BCUT2D eigenvalue weighted by Gasteiger charge is -2.35. The lowest BCUT2D eigenvalue weighted by Crippen LogP contribution is -2.49. The molecule has 0 saturated heterocycles. The third kappa shape index (κ3) is 3.64. The zero-order chi connectivity index (χ0) is 17.1. The summed E-state index contributed by atoms with van der Waals surface area (Å²) in [7, 11) is 0. The summed E-state index contributed by atoms with van der Waals surface area (Å²) in [6, 6.07) is 9.90. The number of fused-ring (bicyclic) bond motifs is 1. The molecule has 3 rings (SSSR count). The molecule has 0 fully saturated rings. The quantitative estimate of drug-likeness (QED) is 0.879. The van der Waals surface area contributed by atoms with Crippen LogP contribution in [0.15, 0.2) is 30.3 Å². The van der Waals surface area contributed by atoms with E-state index in [0.29, 0.717) is 19.0 Å². The van der Waals surface area contributed by atoms with Crippen molar-refractivity contribution in [3.8, 4) is 0 Å². The van der Waals surface area contributed by atoms with Crippen molar-refractivity contribution in [1.82, 2.24) is 19.7 Å². The molecule has 0 bridgehead atoms. The Morgan fingerprint density at radius 1 is 1.33 bits per heavy atom. The number of aromatic nitrogens is 3. The van der Waals surface area contributed by atoms with Crippen LogP contribution in [0.1, 0.15) is 30.6 Å². The first kappa shape index (κ1) is 16.6. The smallest absolute Gasteiger partial charge is 0.322 e. The highest BCUT2D eigenvalue weighted by Crippen LogP contribution is 2.21. The Morgan fingerprint density at radius 3 is 2.79 bits per heavy atom. The molecule has 1 N–H and O–H groups in total. The summed E-state index contributed by atoms with van der Waals surface area (Å²) in [4.78, 5) is 13.7. The first-order valence-corrected chi connectivity index (χ1v) is 8.44. The molecule has 2 aromatic rings. The third-order valence-corrected chi connectivity index (χ3v) is 4.75. The van der Waals surface area contributed by atoms with Crippen LogP contribution in [-0.4, -0.2) is 43.3 Å². The van der Waals surface area contributed by atoms with Gasteiger partial charge in [-0.1, -0.05) is 37.3 Å². The molecule has 2 heterocycles. The number of carbonyl (C=O) groups is 1. The van der Waals surface area contributed by atoms with Crippen LogP contribution in [0.5, 0.6) is 0 Å². The lowest BCUT2D eigenvalue weighted by atomic mass is 9.99. The fourth-order valence-corrected chi connectivity index (χ4v) is 3.33. The highest BCUT2D eigenvalue weighted by Gasteiger charge is 2.33. The summed E-state index contributed by atoms with van der Waals surface area (Å²) < 4.78 is 1.92. The molecule has 1 aromatic carbocycles. The molecule has 6 nitrogen and oxygen atoms in total. The van der Waals surface area contributed by atoms with Crippen molar-refractivity contribution in [1.29, 1.82) is 0 Å². The van der Waals surface area contributed by atoms with E-state index in [1.807, 2.05) is 22.5 Å². The van der Waals surface area contributed by atoms with Crippen molar-refractivity contribution >= 4 is 5.97 Å². The molecule has 0 spiro atoms. The van der Waals surface area contributed by atoms with Crippen molar-refractivity contribution in [3.05, 3.63) is 47.5 Å². The number of carboxylic acids is 1. The molecular weight excluding hydrogens is 304 g/mol. The minimum absolute atomic E-state index is 0.419. The number of rotatable bonds is 6. The van der Waals surface area contributed by atoms with Gasteiger partial charge in [-0.15, -0.1) is 10.2 Å². The van der Waals surface area contributed by atoms with E-state index >= 15 is 0 Å². The Bertz CT molecular complexity index is 698. The molecule has 1 aliphatic heterocycles. The fourth-order valence-electron chi connectivity index (χ4n) is 3.33. The fraction of sp³-hybridized carbons (Fsp3) is 0.500. The van der Waals surface area contributed by atoms with Gasteiger partial charge in [-0.3, -0.25) is 9.69 Å². The van der Waals surface area contributed by atoms with E-state index in [9.17, 15) is 9.90 Å². The van der Waals surface area contributed by atoms with Gasteiger partial charge in [0.05, 0.1) is 13.1 Å². The Morgan fingerprint density at radius 2 is 2.08 bits per heavy atom. The van der Waals surface area contributed by atoms with E-state index in [4.69, 9.17) is 0 Å². The van der Waals surface area contributed by atoms with Crippen LogP contribution in [0.3, 0.4) is 0 Å². The first-order chi connectivity index (χ1) is 11.5. The summed E-state index contributed by atoms with van der Waals surface area (Å²) in [6.07, 6.45) is 2.06. The molecule has 2 unspecified atom stereocenters. The van der Waals surface area contributed by atoms with Gasteiger partial charge in [0.15, 0.2) is 0 Å². The molecule has 1 aliphatic rings. The van der Waals surface area contributed by atoms with E-state index in [-0.39, 0.29) is 0 Å². The van der Waals surface area contributed by atoms with Crippen molar-refractivity contribution in [2.45, 2.75) is 45.8 Å². The van der Waals surface area contributed by atoms with Gasteiger partial charge in [-0.05, 0) is 31.2 Å². The summed E-state index contributed by atoms with van der Waals surface area (Å²) >= 11 is 0. The van der Waals surface area contributed by atoms with Crippen molar-refractivity contribution in [2.24, 2.45) is 5.92 Å². The number of hydrogen-bond acceptors (Lipinski definition) is 4. The van der Waals surface area contributed by atoms with E-state index < -0.39 is 12.0 Å². The van der Waals surface area contributed by atoms with E-state index in [1.165, 1.54) is 5.56 Å². The number of benzene rings is 1. The van der Waals surface area contributed by atoms with E-state index in [2.05, 4.69) is 41.4 Å². The van der Waals surface area contributed by atoms with Gasteiger partial charge in [0.2, 0.25) is 0 Å². The van der Waals surface area contributed by atoms with Gasteiger partial charge < -0.3 is 9.67 Å². The van der Waals surface area contributed by atoms with Crippen molar-refractivity contribution < 1.29 is 9.90 Å². The zero-order valence-corrected chi connectivity index (χ0v) is 14.2. The average Bonchev–Trinajstić information content (AvgIpc) is 2.93. The molecule has 0 saturated carbocycles. The summed E-state index contributed by atoms with van der Waals surface area (Å²) in [6.45, 7) is 5.79. The summed E-state index contributed by atoms with van der Waals surface area (Å²) in [5.74, 6) is 1.29. The molecule has 1 aromatic heterocycles. The number of hydrogen-bond donors (Lipinski definition) is 1. The second kappa shape index (κ2) is 7.13. The summed E-state index contributed by atoms with van der Waals surface area (Å²) in [5, 5.41) is 17.8. The third-order valence-electron chi connectivity index (χ3n) is 4.75. The molecule has 0 radical (unpaired) electrons. The molecule has 2 atom stereocenters. The highest BCUT2D eigenvalue weighted by atomic mass is 16.4. The molecule has 0 amide bonds. The van der Waals surface area contributed by atoms with Gasteiger partial charge in [0, 0.05) is 6.54 Å². The zero-order valence-electron chi connectivity index (χ0n) is 14.2. The Hall–Kier alpha value is -2.21. The van der Waals surface area contributed by atoms with Gasteiger partial charge in [0.1, 0.15) is 17.7 Å². The van der Waals surface area contributed by atoms with Gasteiger partial charge in [-0.25, -0.2) is 0 Å². The molecular formula is C18H24N4O2. The van der Waals surface area contributed by atoms with Crippen molar-refractivity contribution in [3.63, 3.8) is 0 Å². The molecule has 0 aliphatic carbocycles. The molecule has 128 valence electrons. The minimum atomic E-state index is -0.774. The maximum Gasteiger partial charge on any atom is 0.322 e. The first-order valence-electron chi connectivity index (χ1n) is 8.44. The molecule has 24 heavy (non-hydrogen) atoms. The second-order valence-electron chi connectivity index (χ2n) is 6.69. The van der Waals surface area contributed by atoms with Crippen molar-refractivity contribution in [2.75, 3.05) is 6.54 Å². The highest BCUT2D eigenvalue weighted by molar-refractivity contribution is 5.73. The molecule has 6 heteroatoms. The van der Waals surface area contributed by atoms with Gasteiger partial charge in [0.25, 0.3) is 0 Å².